The van der Waals surface area contributed by atoms with E-state index < -0.39 is 0 Å². The fourth-order valence-electron chi connectivity index (χ4n) is 5.11. The molecular formula is C24H36N4O2. The fourth-order valence-corrected chi connectivity index (χ4v) is 5.11. The number of benzene rings is 1. The predicted octanol–water partition coefficient (Wildman–Crippen LogP) is 3.39. The van der Waals surface area contributed by atoms with E-state index in [-0.39, 0.29) is 17.7 Å². The van der Waals surface area contributed by atoms with Crippen LogP contribution in [0.3, 0.4) is 0 Å². The number of carbonyl (C=O) groups excluding carboxylic acids is 2. The molecular weight excluding hydrogens is 376 g/mol. The molecule has 0 radical (unpaired) electrons. The number of hydrogen-bond donors (Lipinski definition) is 2. The number of hydrogen-bond acceptors (Lipinski definition) is 4. The summed E-state index contributed by atoms with van der Waals surface area (Å²) >= 11 is 0. The number of piperidine rings is 1. The number of anilines is 2. The second-order valence-electron chi connectivity index (χ2n) is 9.21. The fraction of sp³-hybridized carbons (Fsp3) is 0.667. The standard InChI is InChI=1S/C24H36N4O2/c29-23(25-21-10-12-22(13-11-21)28-15-4-5-16-28)18-27-14-6-7-19(17-27)24(30)26-20-8-2-1-3-9-20/h10-13,19-20H,1-9,14-18H2,(H,25,29)(H,26,30). The molecule has 3 aliphatic rings. The van der Waals surface area contributed by atoms with Crippen molar-refractivity contribution in [2.24, 2.45) is 5.92 Å². The molecule has 2 aliphatic heterocycles. The Morgan fingerprint density at radius 1 is 0.867 bits per heavy atom. The highest BCUT2D eigenvalue weighted by Crippen LogP contribution is 2.23. The highest BCUT2D eigenvalue weighted by atomic mass is 16.2. The quantitative estimate of drug-likeness (QED) is 0.752. The number of likely N-dealkylation sites (tertiary alicyclic amines) is 1. The van der Waals surface area contributed by atoms with Crippen molar-refractivity contribution in [1.29, 1.82) is 0 Å². The lowest BCUT2D eigenvalue weighted by Gasteiger charge is -2.33. The Balaban J connectivity index is 1.23. The summed E-state index contributed by atoms with van der Waals surface area (Å²) < 4.78 is 0. The summed E-state index contributed by atoms with van der Waals surface area (Å²) in [6.45, 7) is 4.15. The molecule has 6 heteroatoms. The van der Waals surface area contributed by atoms with Gasteiger partial charge < -0.3 is 15.5 Å². The second kappa shape index (κ2) is 10.3. The van der Waals surface area contributed by atoms with E-state index in [1.807, 2.05) is 12.1 Å². The molecule has 3 fully saturated rings. The lowest BCUT2D eigenvalue weighted by Crippen LogP contribution is -2.47. The molecule has 1 aliphatic carbocycles. The van der Waals surface area contributed by atoms with Gasteiger partial charge in [-0.2, -0.15) is 0 Å². The van der Waals surface area contributed by atoms with Crippen molar-refractivity contribution in [2.45, 2.75) is 63.8 Å². The van der Waals surface area contributed by atoms with Crippen LogP contribution in [0.2, 0.25) is 0 Å². The van der Waals surface area contributed by atoms with Crippen LogP contribution in [0.4, 0.5) is 11.4 Å². The van der Waals surface area contributed by atoms with Gasteiger partial charge in [-0.25, -0.2) is 0 Å². The van der Waals surface area contributed by atoms with Crippen molar-refractivity contribution in [1.82, 2.24) is 10.2 Å². The summed E-state index contributed by atoms with van der Waals surface area (Å²) in [5.41, 5.74) is 2.07. The Morgan fingerprint density at radius 3 is 2.33 bits per heavy atom. The van der Waals surface area contributed by atoms with Crippen LogP contribution in [0, 0.1) is 5.92 Å². The maximum absolute atomic E-state index is 12.7. The molecule has 30 heavy (non-hydrogen) atoms. The molecule has 0 aromatic heterocycles. The molecule has 2 amide bonds. The minimum Gasteiger partial charge on any atom is -0.372 e. The zero-order valence-electron chi connectivity index (χ0n) is 18.1. The molecule has 1 saturated carbocycles. The number of nitrogens with one attached hydrogen (secondary N) is 2. The van der Waals surface area contributed by atoms with Crippen LogP contribution in [0.15, 0.2) is 24.3 Å². The molecule has 2 saturated heterocycles. The first-order chi connectivity index (χ1) is 14.7. The van der Waals surface area contributed by atoms with E-state index in [0.29, 0.717) is 19.1 Å². The summed E-state index contributed by atoms with van der Waals surface area (Å²) in [6, 6.07) is 8.51. The first kappa shape index (κ1) is 21.2. The number of nitrogens with zero attached hydrogens (tertiary/aromatic N) is 2. The van der Waals surface area contributed by atoms with Gasteiger partial charge >= 0.3 is 0 Å². The van der Waals surface area contributed by atoms with E-state index in [1.165, 1.54) is 37.8 Å². The highest BCUT2D eigenvalue weighted by molar-refractivity contribution is 5.92. The van der Waals surface area contributed by atoms with Crippen molar-refractivity contribution in [2.75, 3.05) is 42.9 Å². The summed E-state index contributed by atoms with van der Waals surface area (Å²) in [5.74, 6) is 0.190. The van der Waals surface area contributed by atoms with Gasteiger partial charge in [0.1, 0.15) is 0 Å². The van der Waals surface area contributed by atoms with Gasteiger partial charge in [-0.1, -0.05) is 19.3 Å². The van der Waals surface area contributed by atoms with Crippen LogP contribution in [-0.2, 0) is 9.59 Å². The van der Waals surface area contributed by atoms with Crippen molar-refractivity contribution >= 4 is 23.2 Å². The van der Waals surface area contributed by atoms with Crippen LogP contribution in [0.5, 0.6) is 0 Å². The minimum atomic E-state index is -0.00254. The van der Waals surface area contributed by atoms with Crippen LogP contribution in [0.25, 0.3) is 0 Å². The van der Waals surface area contributed by atoms with E-state index in [9.17, 15) is 9.59 Å². The smallest absolute Gasteiger partial charge is 0.238 e. The summed E-state index contributed by atoms with van der Waals surface area (Å²) in [4.78, 5) is 29.8. The first-order valence-corrected chi connectivity index (χ1v) is 11.8. The van der Waals surface area contributed by atoms with Crippen molar-refractivity contribution in [3.05, 3.63) is 24.3 Å². The van der Waals surface area contributed by atoms with E-state index in [2.05, 4.69) is 32.6 Å². The molecule has 1 atom stereocenters. The van der Waals surface area contributed by atoms with E-state index in [0.717, 1.165) is 51.0 Å². The average Bonchev–Trinajstić information content (AvgIpc) is 3.30. The Morgan fingerprint density at radius 2 is 1.60 bits per heavy atom. The summed E-state index contributed by atoms with van der Waals surface area (Å²) in [6.07, 6.45) is 10.4. The number of rotatable bonds is 6. The Labute approximate surface area is 180 Å². The Hall–Kier alpha value is -2.08. The third kappa shape index (κ3) is 5.75. The maximum atomic E-state index is 12.7. The van der Waals surface area contributed by atoms with Crippen molar-refractivity contribution < 1.29 is 9.59 Å². The average molecular weight is 413 g/mol. The van der Waals surface area contributed by atoms with Gasteiger partial charge in [-0.3, -0.25) is 14.5 Å². The van der Waals surface area contributed by atoms with Gasteiger partial charge in [-0.05, 0) is 69.3 Å². The minimum absolute atomic E-state index is 0.00254. The van der Waals surface area contributed by atoms with E-state index in [4.69, 9.17) is 0 Å². The molecule has 1 aromatic rings. The molecule has 164 valence electrons. The summed E-state index contributed by atoms with van der Waals surface area (Å²) in [7, 11) is 0. The van der Waals surface area contributed by atoms with Gasteiger partial charge in [0.25, 0.3) is 0 Å². The van der Waals surface area contributed by atoms with Crippen molar-refractivity contribution in [3.63, 3.8) is 0 Å². The second-order valence-corrected chi connectivity index (χ2v) is 9.21. The third-order valence-electron chi connectivity index (χ3n) is 6.82. The highest BCUT2D eigenvalue weighted by Gasteiger charge is 2.28. The summed E-state index contributed by atoms with van der Waals surface area (Å²) in [5, 5.41) is 6.28. The SMILES string of the molecule is O=C(CN1CCCC(C(=O)NC2CCCCC2)C1)Nc1ccc(N2CCCC2)cc1. The lowest BCUT2D eigenvalue weighted by atomic mass is 9.93. The van der Waals surface area contributed by atoms with E-state index in [1.54, 1.807) is 0 Å². The molecule has 4 rings (SSSR count). The van der Waals surface area contributed by atoms with Gasteiger partial charge in [0.15, 0.2) is 0 Å². The van der Waals surface area contributed by atoms with Crippen LogP contribution in [-0.4, -0.2) is 55.5 Å². The van der Waals surface area contributed by atoms with Gasteiger partial charge in [0.2, 0.25) is 11.8 Å². The van der Waals surface area contributed by atoms with Gasteiger partial charge in [-0.15, -0.1) is 0 Å². The maximum Gasteiger partial charge on any atom is 0.238 e. The zero-order valence-corrected chi connectivity index (χ0v) is 18.1. The topological polar surface area (TPSA) is 64.7 Å². The van der Waals surface area contributed by atoms with Crippen molar-refractivity contribution in [3.8, 4) is 0 Å². The lowest BCUT2D eigenvalue weighted by molar-refractivity contribution is -0.128. The molecule has 0 spiro atoms. The van der Waals surface area contributed by atoms with Crippen LogP contribution >= 0.6 is 0 Å². The Kier molecular flexibility index (Phi) is 7.26. The normalized spacial score (nSPS) is 23.3. The molecule has 2 heterocycles. The van der Waals surface area contributed by atoms with Gasteiger partial charge in [0.05, 0.1) is 12.5 Å². The largest absolute Gasteiger partial charge is 0.372 e. The number of carbonyl (C=O) groups is 2. The number of amides is 2. The van der Waals surface area contributed by atoms with E-state index >= 15 is 0 Å². The third-order valence-corrected chi connectivity index (χ3v) is 6.82. The zero-order chi connectivity index (χ0) is 20.8. The molecule has 0 bridgehead atoms. The molecule has 2 N–H and O–H groups in total. The predicted molar refractivity (Wildman–Crippen MR) is 121 cm³/mol. The molecule has 6 nitrogen and oxygen atoms in total. The Bertz CT molecular complexity index is 708. The van der Waals surface area contributed by atoms with Crippen LogP contribution in [0.1, 0.15) is 57.8 Å². The monoisotopic (exact) mass is 412 g/mol. The molecule has 1 aromatic carbocycles. The molecule has 1 unspecified atom stereocenters. The first-order valence-electron chi connectivity index (χ1n) is 11.8. The van der Waals surface area contributed by atoms with Crippen LogP contribution < -0.4 is 15.5 Å². The van der Waals surface area contributed by atoms with Gasteiger partial charge in [0, 0.05) is 37.1 Å².